The summed E-state index contributed by atoms with van der Waals surface area (Å²) in [5.74, 6) is -5.36. The van der Waals surface area contributed by atoms with E-state index in [1.807, 2.05) is 106 Å². The number of benzene rings is 4. The summed E-state index contributed by atoms with van der Waals surface area (Å²) in [4.78, 5) is 108. The minimum atomic E-state index is -1.28. The number of nitrogens with two attached hydrogens (primary N) is 4. The molecule has 386 valence electrons. The Morgan fingerprint density at radius 3 is 1.32 bits per heavy atom. The number of amides is 7. The predicted octanol–water partition coefficient (Wildman–Crippen LogP) is 1.16. The average molecular weight is 990 g/mol. The fourth-order valence-corrected chi connectivity index (χ4v) is 8.44. The Bertz CT molecular complexity index is 2590. The summed E-state index contributed by atoms with van der Waals surface area (Å²) in [6.45, 7) is 5.31. The molecule has 20 heteroatoms. The van der Waals surface area contributed by atoms with E-state index in [0.29, 0.717) is 24.0 Å². The molecule has 0 saturated carbocycles. The van der Waals surface area contributed by atoms with Crippen LogP contribution in [0.3, 0.4) is 0 Å². The van der Waals surface area contributed by atoms with Crippen LogP contribution in [0.2, 0.25) is 0 Å². The van der Waals surface area contributed by atoms with E-state index in [2.05, 4.69) is 47.2 Å². The molecule has 0 bridgehead atoms. The van der Waals surface area contributed by atoms with Gasteiger partial charge in [0, 0.05) is 25.9 Å². The van der Waals surface area contributed by atoms with Crippen molar-refractivity contribution in [2.45, 2.75) is 121 Å². The van der Waals surface area contributed by atoms with Gasteiger partial charge in [-0.05, 0) is 77.1 Å². The van der Waals surface area contributed by atoms with Crippen LogP contribution in [0.25, 0.3) is 21.5 Å². The minimum Gasteiger partial charge on any atom is -0.370 e. The standard InChI is InChI=1S/C52H71N13O7/c1-4-5-16-38-46(68)61-39(17-10-23-57-51(53)54)47(69)64-42(28-32-19-21-34-12-6-8-14-36(34)26-32)45(67)59-30-44(66)60-41(25-31(2)3)49(71)63-40(18-11-24-58-52(55)56)48(70)65-43(50(72)62-38)29-33-20-22-35-13-7-9-15-37(35)27-33/h6-9,12-15,19-22,26-27,31,38-43H,4-5,10-11,16-18,23-25,28-30H2,1-3H3,(H,59,67)(H,60,66)(H,61,68)(H,62,72)(H,63,71)(H,64,69)(H,65,70)(H4,53,54,57)(H4,55,56,58)/t38?,39-,40-,41-,42-,43-/m0/s1. The molecule has 6 atom stereocenters. The molecule has 15 N–H and O–H groups in total. The number of carbonyl (C=O) groups is 7. The Morgan fingerprint density at radius 2 is 0.889 bits per heavy atom. The number of nitrogens with zero attached hydrogens (tertiary/aromatic N) is 2. The van der Waals surface area contributed by atoms with Gasteiger partial charge in [-0.15, -0.1) is 0 Å². The number of carbonyl (C=O) groups excluding carboxylic acids is 7. The van der Waals surface area contributed by atoms with Gasteiger partial charge >= 0.3 is 0 Å². The molecule has 4 aromatic carbocycles. The fraction of sp³-hybridized carbons (Fsp3) is 0.442. The van der Waals surface area contributed by atoms with Crippen LogP contribution in [0.15, 0.2) is 94.9 Å². The van der Waals surface area contributed by atoms with Gasteiger partial charge in [0.15, 0.2) is 11.9 Å². The van der Waals surface area contributed by atoms with Crippen molar-refractivity contribution in [3.63, 3.8) is 0 Å². The summed E-state index contributed by atoms with van der Waals surface area (Å²) in [5.41, 5.74) is 23.7. The first kappa shape index (κ1) is 55.2. The number of rotatable bonds is 17. The molecule has 0 aromatic heterocycles. The maximum Gasteiger partial charge on any atom is 0.243 e. The highest BCUT2D eigenvalue weighted by Crippen LogP contribution is 2.19. The number of aliphatic imine (C=N–C) groups is 2. The zero-order valence-electron chi connectivity index (χ0n) is 41.4. The second-order valence-corrected chi connectivity index (χ2v) is 18.6. The highest BCUT2D eigenvalue weighted by molar-refractivity contribution is 5.98. The largest absolute Gasteiger partial charge is 0.370 e. The van der Waals surface area contributed by atoms with E-state index in [9.17, 15) is 33.6 Å². The molecule has 0 spiro atoms. The van der Waals surface area contributed by atoms with Gasteiger partial charge in [0.05, 0.1) is 6.54 Å². The Labute approximate surface area is 420 Å². The molecule has 0 radical (unpaired) electrons. The Hall–Kier alpha value is -7.77. The summed E-state index contributed by atoms with van der Waals surface area (Å²) < 4.78 is 0. The molecule has 4 aromatic rings. The van der Waals surface area contributed by atoms with Crippen molar-refractivity contribution in [1.29, 1.82) is 0 Å². The van der Waals surface area contributed by atoms with Gasteiger partial charge in [0.2, 0.25) is 41.4 Å². The SMILES string of the molecule is CCCCC1NC(=O)[C@H](Cc2ccc3ccccc3c2)NC(=O)[C@H](CCCN=C(N)N)NC(=O)[C@H](CC(C)C)NC(=O)CNC(=O)[C@H](Cc2ccc3ccccc3c2)NC(=O)[C@H](CCCN=C(N)N)NC1=O. The molecule has 7 amide bonds. The maximum atomic E-state index is 14.7. The number of hydrogen-bond acceptors (Lipinski definition) is 9. The molecule has 1 fully saturated rings. The maximum absolute atomic E-state index is 14.7. The van der Waals surface area contributed by atoms with E-state index in [1.165, 1.54) is 0 Å². The molecule has 1 aliphatic heterocycles. The quantitative estimate of drug-likeness (QED) is 0.0405. The summed E-state index contributed by atoms with van der Waals surface area (Å²) >= 11 is 0. The van der Waals surface area contributed by atoms with Crippen LogP contribution in [0.4, 0.5) is 0 Å². The van der Waals surface area contributed by atoms with Crippen LogP contribution in [0.5, 0.6) is 0 Å². The summed E-state index contributed by atoms with van der Waals surface area (Å²) in [5, 5.41) is 23.2. The Kier molecular flexibility index (Phi) is 21.1. The smallest absolute Gasteiger partial charge is 0.243 e. The molecular weight excluding hydrogens is 919 g/mol. The second kappa shape index (κ2) is 27.6. The van der Waals surface area contributed by atoms with E-state index in [4.69, 9.17) is 22.9 Å². The first-order valence-corrected chi connectivity index (χ1v) is 24.6. The van der Waals surface area contributed by atoms with E-state index in [-0.39, 0.29) is 82.3 Å². The topological polar surface area (TPSA) is 332 Å². The zero-order chi connectivity index (χ0) is 52.2. The molecule has 1 aliphatic rings. The summed E-state index contributed by atoms with van der Waals surface area (Å²) in [6, 6.07) is 19.2. The lowest BCUT2D eigenvalue weighted by Crippen LogP contribution is -2.60. The third kappa shape index (κ3) is 17.6. The van der Waals surface area contributed by atoms with Gasteiger partial charge in [-0.3, -0.25) is 43.5 Å². The lowest BCUT2D eigenvalue weighted by molar-refractivity contribution is -0.135. The van der Waals surface area contributed by atoms with Gasteiger partial charge in [-0.1, -0.05) is 119 Å². The number of fused-ring (bicyclic) bond motifs is 2. The molecule has 20 nitrogen and oxygen atoms in total. The van der Waals surface area contributed by atoms with Crippen LogP contribution in [0, 0.1) is 5.92 Å². The van der Waals surface area contributed by atoms with Crippen LogP contribution >= 0.6 is 0 Å². The Morgan fingerprint density at radius 1 is 0.500 bits per heavy atom. The normalized spacial score (nSPS) is 21.0. The minimum absolute atomic E-state index is 0.00352. The molecule has 1 heterocycles. The van der Waals surface area contributed by atoms with Gasteiger partial charge < -0.3 is 60.2 Å². The number of unbranched alkanes of at least 4 members (excludes halogenated alkanes) is 1. The van der Waals surface area contributed by atoms with Crippen LogP contribution < -0.4 is 60.2 Å². The van der Waals surface area contributed by atoms with Gasteiger partial charge in [0.1, 0.15) is 36.3 Å². The Balaban J connectivity index is 1.57. The highest BCUT2D eigenvalue weighted by atomic mass is 16.2. The van der Waals surface area contributed by atoms with Crippen molar-refractivity contribution in [2.24, 2.45) is 38.8 Å². The van der Waals surface area contributed by atoms with Crippen molar-refractivity contribution >= 4 is 74.8 Å². The van der Waals surface area contributed by atoms with Crippen molar-refractivity contribution < 1.29 is 33.6 Å². The van der Waals surface area contributed by atoms with Crippen molar-refractivity contribution in [1.82, 2.24) is 37.2 Å². The summed E-state index contributed by atoms with van der Waals surface area (Å²) in [6.07, 6.45) is 2.00. The van der Waals surface area contributed by atoms with E-state index >= 15 is 0 Å². The third-order valence-electron chi connectivity index (χ3n) is 12.2. The van der Waals surface area contributed by atoms with Crippen LogP contribution in [0.1, 0.15) is 83.3 Å². The van der Waals surface area contributed by atoms with Crippen molar-refractivity contribution in [3.05, 3.63) is 96.1 Å². The zero-order valence-corrected chi connectivity index (χ0v) is 41.4. The molecule has 0 aliphatic carbocycles. The van der Waals surface area contributed by atoms with Crippen LogP contribution in [-0.2, 0) is 46.4 Å². The lowest BCUT2D eigenvalue weighted by Gasteiger charge is -2.28. The summed E-state index contributed by atoms with van der Waals surface area (Å²) in [7, 11) is 0. The first-order valence-electron chi connectivity index (χ1n) is 24.6. The number of nitrogens with one attached hydrogen (secondary N) is 7. The molecule has 72 heavy (non-hydrogen) atoms. The fourth-order valence-electron chi connectivity index (χ4n) is 8.44. The number of guanidine groups is 2. The van der Waals surface area contributed by atoms with Gasteiger partial charge in [-0.2, -0.15) is 0 Å². The lowest BCUT2D eigenvalue weighted by atomic mass is 9.99. The van der Waals surface area contributed by atoms with E-state index in [0.717, 1.165) is 21.5 Å². The molecular formula is C52H71N13O7. The number of hydrogen-bond donors (Lipinski definition) is 11. The van der Waals surface area contributed by atoms with E-state index in [1.54, 1.807) is 0 Å². The van der Waals surface area contributed by atoms with Crippen molar-refractivity contribution in [2.75, 3.05) is 19.6 Å². The molecule has 5 rings (SSSR count). The van der Waals surface area contributed by atoms with Gasteiger partial charge in [0.25, 0.3) is 0 Å². The molecule has 1 saturated heterocycles. The first-order chi connectivity index (χ1) is 34.5. The van der Waals surface area contributed by atoms with Gasteiger partial charge in [-0.25, -0.2) is 0 Å². The van der Waals surface area contributed by atoms with E-state index < -0.39 is 84.1 Å². The monoisotopic (exact) mass is 990 g/mol. The third-order valence-corrected chi connectivity index (χ3v) is 12.2. The van der Waals surface area contributed by atoms with Crippen molar-refractivity contribution in [3.8, 4) is 0 Å². The average Bonchev–Trinajstić information content (AvgIpc) is 3.34. The molecule has 1 unspecified atom stereocenters. The van der Waals surface area contributed by atoms with Crippen LogP contribution in [-0.4, -0.2) is 109 Å². The highest BCUT2D eigenvalue weighted by Gasteiger charge is 2.34. The predicted molar refractivity (Wildman–Crippen MR) is 279 cm³/mol. The second-order valence-electron chi connectivity index (χ2n) is 18.6.